The molecule has 2 aromatic heterocycles. The quantitative estimate of drug-likeness (QED) is 0.577. The number of piperazine rings is 1. The van der Waals surface area contributed by atoms with E-state index in [1.165, 1.54) is 36.7 Å². The summed E-state index contributed by atoms with van der Waals surface area (Å²) < 4.78 is 18.9. The predicted molar refractivity (Wildman–Crippen MR) is 128 cm³/mol. The van der Waals surface area contributed by atoms with Crippen molar-refractivity contribution >= 4 is 23.6 Å². The van der Waals surface area contributed by atoms with Gasteiger partial charge in [0.05, 0.1) is 6.21 Å². The SMILES string of the molecule is CN1CCN(N=Cc2cc(-c3nc(-c4ccc(N5CCCC5)nc4)ns3)cc(F)c2O)CC1. The number of anilines is 1. The minimum Gasteiger partial charge on any atom is -0.504 e. The number of rotatable bonds is 5. The van der Waals surface area contributed by atoms with Gasteiger partial charge in [-0.15, -0.1) is 0 Å². The Morgan fingerprint density at radius 3 is 2.58 bits per heavy atom. The van der Waals surface area contributed by atoms with E-state index in [1.54, 1.807) is 12.3 Å². The van der Waals surface area contributed by atoms with Crippen LogP contribution in [0.2, 0.25) is 0 Å². The molecule has 0 atom stereocenters. The third-order valence-electron chi connectivity index (χ3n) is 6.04. The molecule has 2 fully saturated rings. The molecule has 3 aromatic rings. The highest BCUT2D eigenvalue weighted by Crippen LogP contribution is 2.31. The average Bonchev–Trinajstić information content (AvgIpc) is 3.54. The van der Waals surface area contributed by atoms with Gasteiger partial charge in [0.2, 0.25) is 0 Å². The molecule has 0 unspecified atom stereocenters. The fraction of sp³-hybridized carbons (Fsp3) is 0.391. The summed E-state index contributed by atoms with van der Waals surface area (Å²) in [7, 11) is 2.07. The molecule has 10 heteroatoms. The summed E-state index contributed by atoms with van der Waals surface area (Å²) in [6.45, 7) is 5.50. The zero-order valence-electron chi connectivity index (χ0n) is 18.5. The second-order valence-electron chi connectivity index (χ2n) is 8.42. The van der Waals surface area contributed by atoms with Gasteiger partial charge in [-0.3, -0.25) is 5.01 Å². The Morgan fingerprint density at radius 1 is 1.06 bits per heavy atom. The van der Waals surface area contributed by atoms with Crippen LogP contribution in [-0.4, -0.2) is 81.9 Å². The lowest BCUT2D eigenvalue weighted by Gasteiger charge is -2.30. The molecule has 8 nitrogen and oxygen atoms in total. The number of benzene rings is 1. The molecule has 33 heavy (non-hydrogen) atoms. The fourth-order valence-corrected chi connectivity index (χ4v) is 4.68. The molecule has 0 spiro atoms. The van der Waals surface area contributed by atoms with Gasteiger partial charge in [0, 0.05) is 62.2 Å². The molecule has 0 radical (unpaired) electrons. The van der Waals surface area contributed by atoms with Crippen molar-refractivity contribution in [1.82, 2.24) is 24.3 Å². The number of phenols is 1. The standard InChI is InChI=1S/C23H26FN7OS/c1-29-8-10-31(11-9-29)26-15-18-12-17(13-19(24)21(18)32)23-27-22(28-33-23)16-4-5-20(25-14-16)30-6-2-3-7-30/h4-5,12-15,32H,2-3,6-11H2,1H3. The molecule has 0 amide bonds. The summed E-state index contributed by atoms with van der Waals surface area (Å²) in [5.74, 6) is 0.400. The van der Waals surface area contributed by atoms with Gasteiger partial charge in [0.1, 0.15) is 10.8 Å². The van der Waals surface area contributed by atoms with Gasteiger partial charge in [-0.2, -0.15) is 9.47 Å². The second kappa shape index (κ2) is 9.40. The van der Waals surface area contributed by atoms with Crippen LogP contribution in [0.25, 0.3) is 22.0 Å². The van der Waals surface area contributed by atoms with Crippen molar-refractivity contribution in [2.24, 2.45) is 5.10 Å². The van der Waals surface area contributed by atoms with Crippen molar-refractivity contribution in [1.29, 1.82) is 0 Å². The van der Waals surface area contributed by atoms with E-state index in [1.807, 2.05) is 17.1 Å². The van der Waals surface area contributed by atoms with Crippen LogP contribution in [0.5, 0.6) is 5.75 Å². The largest absolute Gasteiger partial charge is 0.504 e. The number of likely N-dealkylation sites (N-methyl/N-ethyl adjacent to an activating group) is 1. The zero-order chi connectivity index (χ0) is 22.8. The third-order valence-corrected chi connectivity index (χ3v) is 6.81. The van der Waals surface area contributed by atoms with Crippen molar-refractivity contribution in [3.8, 4) is 27.7 Å². The van der Waals surface area contributed by atoms with Crippen LogP contribution in [0, 0.1) is 5.82 Å². The number of phenolic OH excluding ortho intramolecular Hbond substituents is 1. The Hall–Kier alpha value is -3.11. The number of hydrogen-bond donors (Lipinski definition) is 1. The van der Waals surface area contributed by atoms with Crippen LogP contribution in [-0.2, 0) is 0 Å². The Bertz CT molecular complexity index is 1140. The summed E-state index contributed by atoms with van der Waals surface area (Å²) >= 11 is 1.19. The molecular weight excluding hydrogens is 441 g/mol. The highest BCUT2D eigenvalue weighted by atomic mass is 32.1. The number of hydrazone groups is 1. The zero-order valence-corrected chi connectivity index (χ0v) is 19.3. The summed E-state index contributed by atoms with van der Waals surface area (Å²) in [6.07, 6.45) is 5.69. The van der Waals surface area contributed by atoms with Crippen molar-refractivity contribution in [3.05, 3.63) is 41.8 Å². The van der Waals surface area contributed by atoms with Crippen molar-refractivity contribution in [2.45, 2.75) is 12.8 Å². The van der Waals surface area contributed by atoms with Crippen LogP contribution in [0.15, 0.2) is 35.6 Å². The van der Waals surface area contributed by atoms with E-state index in [-0.39, 0.29) is 0 Å². The van der Waals surface area contributed by atoms with Crippen LogP contribution in [0.3, 0.4) is 0 Å². The Labute approximate surface area is 196 Å². The number of pyridine rings is 1. The highest BCUT2D eigenvalue weighted by molar-refractivity contribution is 7.09. The normalized spacial score (nSPS) is 17.4. The third kappa shape index (κ3) is 4.81. The molecule has 2 aliphatic heterocycles. The van der Waals surface area contributed by atoms with Gasteiger partial charge < -0.3 is 14.9 Å². The van der Waals surface area contributed by atoms with Gasteiger partial charge >= 0.3 is 0 Å². The molecule has 1 N–H and O–H groups in total. The molecule has 1 aromatic carbocycles. The van der Waals surface area contributed by atoms with Gasteiger partial charge in [0.25, 0.3) is 0 Å². The first kappa shape index (κ1) is 21.7. The molecule has 0 aliphatic carbocycles. The Morgan fingerprint density at radius 2 is 1.85 bits per heavy atom. The van der Waals surface area contributed by atoms with Crippen LogP contribution in [0.1, 0.15) is 18.4 Å². The van der Waals surface area contributed by atoms with Gasteiger partial charge in [0.15, 0.2) is 17.4 Å². The average molecular weight is 468 g/mol. The molecule has 0 bridgehead atoms. The highest BCUT2D eigenvalue weighted by Gasteiger charge is 2.17. The number of nitrogens with zero attached hydrogens (tertiary/aromatic N) is 7. The van der Waals surface area contributed by atoms with E-state index < -0.39 is 11.6 Å². The van der Waals surface area contributed by atoms with Gasteiger partial charge in [-0.1, -0.05) is 0 Å². The maximum atomic E-state index is 14.5. The summed E-state index contributed by atoms with van der Waals surface area (Å²) in [6, 6.07) is 6.94. The van der Waals surface area contributed by atoms with Gasteiger partial charge in [-0.05, 0) is 55.7 Å². The Balaban J connectivity index is 1.35. The van der Waals surface area contributed by atoms with E-state index in [0.717, 1.165) is 50.6 Å². The molecule has 2 aliphatic rings. The number of aromatic hydroxyl groups is 1. The van der Waals surface area contributed by atoms with Crippen LogP contribution >= 0.6 is 11.5 Å². The van der Waals surface area contributed by atoms with Crippen molar-refractivity contribution < 1.29 is 9.50 Å². The van der Waals surface area contributed by atoms with E-state index in [9.17, 15) is 9.50 Å². The summed E-state index contributed by atoms with van der Waals surface area (Å²) in [4.78, 5) is 13.7. The van der Waals surface area contributed by atoms with Crippen molar-refractivity contribution in [3.63, 3.8) is 0 Å². The van der Waals surface area contributed by atoms with E-state index >= 15 is 0 Å². The lowest BCUT2D eigenvalue weighted by Crippen LogP contribution is -2.41. The number of halogens is 1. The van der Waals surface area contributed by atoms with Crippen LogP contribution < -0.4 is 4.90 Å². The second-order valence-corrected chi connectivity index (χ2v) is 9.17. The van der Waals surface area contributed by atoms with E-state index in [4.69, 9.17) is 0 Å². The van der Waals surface area contributed by atoms with E-state index in [0.29, 0.717) is 22.0 Å². The van der Waals surface area contributed by atoms with Gasteiger partial charge in [-0.25, -0.2) is 14.4 Å². The number of hydrogen-bond acceptors (Lipinski definition) is 9. The lowest BCUT2D eigenvalue weighted by molar-refractivity contribution is 0.159. The maximum Gasteiger partial charge on any atom is 0.174 e. The summed E-state index contributed by atoms with van der Waals surface area (Å²) in [5.41, 5.74) is 1.68. The first-order valence-electron chi connectivity index (χ1n) is 11.1. The first-order valence-corrected chi connectivity index (χ1v) is 11.9. The summed E-state index contributed by atoms with van der Waals surface area (Å²) in [5, 5.41) is 17.1. The number of aromatic nitrogens is 3. The molecular formula is C23H26FN7OS. The van der Waals surface area contributed by atoms with Crippen LogP contribution in [0.4, 0.5) is 10.2 Å². The Kier molecular flexibility index (Phi) is 6.19. The smallest absolute Gasteiger partial charge is 0.174 e. The minimum absolute atomic E-state index is 0.317. The molecule has 2 saturated heterocycles. The molecule has 5 rings (SSSR count). The van der Waals surface area contributed by atoms with Crippen molar-refractivity contribution in [2.75, 3.05) is 51.2 Å². The molecule has 4 heterocycles. The fourth-order valence-electron chi connectivity index (χ4n) is 4.01. The van der Waals surface area contributed by atoms with E-state index in [2.05, 4.69) is 36.3 Å². The monoisotopic (exact) mass is 467 g/mol. The maximum absolute atomic E-state index is 14.5. The lowest BCUT2D eigenvalue weighted by atomic mass is 10.1. The molecule has 0 saturated carbocycles. The minimum atomic E-state index is -0.708. The molecule has 172 valence electrons. The predicted octanol–water partition coefficient (Wildman–Crippen LogP) is 3.29. The first-order chi connectivity index (χ1) is 16.1. The topological polar surface area (TPSA) is 81.0 Å².